The Hall–Kier alpha value is -0.180. The number of thioether (sulfide) groups is 1. The predicted octanol–water partition coefficient (Wildman–Crippen LogP) is 4.74. The molecule has 3 fully saturated rings. The summed E-state index contributed by atoms with van der Waals surface area (Å²) >= 11 is 1.99. The van der Waals surface area contributed by atoms with Crippen molar-refractivity contribution in [2.75, 3.05) is 5.75 Å². The van der Waals surface area contributed by atoms with E-state index in [1.54, 1.807) is 0 Å². The third kappa shape index (κ3) is 3.72. The molecular formula is C17H30N2S. The molecule has 1 heterocycles. The van der Waals surface area contributed by atoms with Crippen molar-refractivity contribution < 1.29 is 0 Å². The number of hydrogen-bond acceptors (Lipinski definition) is 2. The Morgan fingerprint density at radius 1 is 1.00 bits per heavy atom. The summed E-state index contributed by atoms with van der Waals surface area (Å²) in [6, 6.07) is 0.600. The molecule has 3 heteroatoms. The highest BCUT2D eigenvalue weighted by Crippen LogP contribution is 2.38. The van der Waals surface area contributed by atoms with Crippen LogP contribution in [0.1, 0.15) is 77.6 Å². The second-order valence-electron chi connectivity index (χ2n) is 7.31. The highest BCUT2D eigenvalue weighted by atomic mass is 32.2. The topological polar surface area (TPSA) is 24.4 Å². The second kappa shape index (κ2) is 6.72. The SMILES string of the molecule is CC1CCC2(CC1)CSC(=NC1CCCCCCC1)N2. The minimum Gasteiger partial charge on any atom is -0.359 e. The molecule has 1 spiro atoms. The van der Waals surface area contributed by atoms with E-state index in [0.717, 1.165) is 5.92 Å². The third-order valence-corrected chi connectivity index (χ3v) is 6.64. The maximum absolute atomic E-state index is 5.07. The fourth-order valence-corrected chi connectivity index (χ4v) is 5.17. The van der Waals surface area contributed by atoms with Crippen LogP contribution in [0.15, 0.2) is 4.99 Å². The van der Waals surface area contributed by atoms with Crippen molar-refractivity contribution in [3.63, 3.8) is 0 Å². The maximum Gasteiger partial charge on any atom is 0.157 e. The molecule has 0 aromatic rings. The first-order chi connectivity index (χ1) is 9.76. The van der Waals surface area contributed by atoms with Gasteiger partial charge in [0, 0.05) is 11.3 Å². The molecule has 1 saturated heterocycles. The van der Waals surface area contributed by atoms with Gasteiger partial charge in [0.2, 0.25) is 0 Å². The Morgan fingerprint density at radius 3 is 2.35 bits per heavy atom. The summed E-state index contributed by atoms with van der Waals surface area (Å²) in [5, 5.41) is 5.09. The smallest absolute Gasteiger partial charge is 0.157 e. The molecule has 114 valence electrons. The van der Waals surface area contributed by atoms with Crippen LogP contribution >= 0.6 is 11.8 Å². The average molecular weight is 295 g/mol. The number of nitrogens with one attached hydrogen (secondary N) is 1. The van der Waals surface area contributed by atoms with Gasteiger partial charge in [-0.15, -0.1) is 0 Å². The van der Waals surface area contributed by atoms with Gasteiger partial charge in [0.05, 0.1) is 6.04 Å². The number of amidine groups is 1. The molecule has 2 saturated carbocycles. The van der Waals surface area contributed by atoms with Crippen LogP contribution in [0.5, 0.6) is 0 Å². The zero-order chi connectivity index (χ0) is 13.8. The van der Waals surface area contributed by atoms with Crippen LogP contribution < -0.4 is 5.32 Å². The van der Waals surface area contributed by atoms with E-state index in [2.05, 4.69) is 12.2 Å². The zero-order valence-electron chi connectivity index (χ0n) is 13.0. The first kappa shape index (κ1) is 14.7. The number of aliphatic imine (C=N–C) groups is 1. The van der Waals surface area contributed by atoms with Crippen molar-refractivity contribution in [3.05, 3.63) is 0 Å². The van der Waals surface area contributed by atoms with Gasteiger partial charge in [-0.2, -0.15) is 0 Å². The van der Waals surface area contributed by atoms with Crippen molar-refractivity contribution in [2.45, 2.75) is 89.1 Å². The van der Waals surface area contributed by atoms with Crippen LogP contribution in [0.3, 0.4) is 0 Å². The van der Waals surface area contributed by atoms with Gasteiger partial charge in [0.1, 0.15) is 0 Å². The lowest BCUT2D eigenvalue weighted by Gasteiger charge is -2.35. The van der Waals surface area contributed by atoms with Gasteiger partial charge >= 0.3 is 0 Å². The molecule has 0 atom stereocenters. The molecule has 1 aliphatic heterocycles. The summed E-state index contributed by atoms with van der Waals surface area (Å²) in [7, 11) is 0. The van der Waals surface area contributed by atoms with Gasteiger partial charge in [0.15, 0.2) is 5.17 Å². The lowest BCUT2D eigenvalue weighted by atomic mass is 9.78. The Morgan fingerprint density at radius 2 is 1.65 bits per heavy atom. The molecule has 1 N–H and O–H groups in total. The van der Waals surface area contributed by atoms with E-state index < -0.39 is 0 Å². The van der Waals surface area contributed by atoms with E-state index in [-0.39, 0.29) is 0 Å². The van der Waals surface area contributed by atoms with E-state index in [9.17, 15) is 0 Å². The molecule has 0 unspecified atom stereocenters. The highest BCUT2D eigenvalue weighted by molar-refractivity contribution is 8.14. The first-order valence-electron chi connectivity index (χ1n) is 8.75. The second-order valence-corrected chi connectivity index (χ2v) is 8.27. The number of nitrogens with zero attached hydrogens (tertiary/aromatic N) is 1. The van der Waals surface area contributed by atoms with Crippen molar-refractivity contribution in [3.8, 4) is 0 Å². The molecular weight excluding hydrogens is 264 g/mol. The predicted molar refractivity (Wildman–Crippen MR) is 89.5 cm³/mol. The fraction of sp³-hybridized carbons (Fsp3) is 0.941. The Kier molecular flexibility index (Phi) is 4.95. The third-order valence-electron chi connectivity index (χ3n) is 5.46. The summed E-state index contributed by atoms with van der Waals surface area (Å²) < 4.78 is 0. The minimum atomic E-state index is 0.400. The van der Waals surface area contributed by atoms with E-state index >= 15 is 0 Å². The maximum atomic E-state index is 5.07. The van der Waals surface area contributed by atoms with Gasteiger partial charge in [-0.3, -0.25) is 4.99 Å². The van der Waals surface area contributed by atoms with Gasteiger partial charge < -0.3 is 5.32 Å². The molecule has 20 heavy (non-hydrogen) atoms. The molecule has 2 nitrogen and oxygen atoms in total. The van der Waals surface area contributed by atoms with Crippen LogP contribution in [-0.4, -0.2) is 22.5 Å². The minimum absolute atomic E-state index is 0.400. The zero-order valence-corrected chi connectivity index (χ0v) is 13.8. The summed E-state index contributed by atoms with van der Waals surface area (Å²) in [4.78, 5) is 5.07. The van der Waals surface area contributed by atoms with E-state index in [1.807, 2.05) is 11.8 Å². The summed E-state index contributed by atoms with van der Waals surface area (Å²) in [5.41, 5.74) is 0.400. The van der Waals surface area contributed by atoms with Crippen molar-refractivity contribution in [1.82, 2.24) is 5.32 Å². The number of hydrogen-bond donors (Lipinski definition) is 1. The Balaban J connectivity index is 1.56. The quantitative estimate of drug-likeness (QED) is 0.755. The van der Waals surface area contributed by atoms with Crippen LogP contribution in [0.2, 0.25) is 0 Å². The standard InChI is InChI=1S/C17H30N2S/c1-14-9-11-17(12-10-14)13-20-16(19-17)18-15-7-5-3-2-4-6-8-15/h14-15H,2-13H2,1H3,(H,18,19). The van der Waals surface area contributed by atoms with Crippen LogP contribution in [-0.2, 0) is 0 Å². The lowest BCUT2D eigenvalue weighted by molar-refractivity contribution is 0.250. The molecule has 3 aliphatic rings. The van der Waals surface area contributed by atoms with Gasteiger partial charge in [0.25, 0.3) is 0 Å². The van der Waals surface area contributed by atoms with Gasteiger partial charge in [-0.05, 0) is 44.4 Å². The van der Waals surface area contributed by atoms with E-state index in [1.165, 1.54) is 81.5 Å². The molecule has 3 rings (SSSR count). The summed E-state index contributed by atoms with van der Waals surface area (Å²) in [6.07, 6.45) is 15.2. The van der Waals surface area contributed by atoms with Gasteiger partial charge in [-0.25, -0.2) is 0 Å². The molecule has 0 radical (unpaired) electrons. The van der Waals surface area contributed by atoms with E-state index in [0.29, 0.717) is 11.6 Å². The highest BCUT2D eigenvalue weighted by Gasteiger charge is 2.39. The molecule has 0 amide bonds. The lowest BCUT2D eigenvalue weighted by Crippen LogP contribution is -2.46. The molecule has 0 aromatic carbocycles. The largest absolute Gasteiger partial charge is 0.359 e. The van der Waals surface area contributed by atoms with Crippen LogP contribution in [0.4, 0.5) is 0 Å². The summed E-state index contributed by atoms with van der Waals surface area (Å²) in [5.74, 6) is 2.18. The van der Waals surface area contributed by atoms with Gasteiger partial charge in [-0.1, -0.05) is 50.8 Å². The molecule has 0 bridgehead atoms. The monoisotopic (exact) mass is 294 g/mol. The Bertz CT molecular complexity index is 337. The summed E-state index contributed by atoms with van der Waals surface area (Å²) in [6.45, 7) is 2.40. The van der Waals surface area contributed by atoms with Crippen molar-refractivity contribution in [2.24, 2.45) is 10.9 Å². The van der Waals surface area contributed by atoms with Crippen molar-refractivity contribution >= 4 is 16.9 Å². The van der Waals surface area contributed by atoms with Crippen LogP contribution in [0.25, 0.3) is 0 Å². The Labute approximate surface area is 128 Å². The molecule has 2 aliphatic carbocycles. The van der Waals surface area contributed by atoms with E-state index in [4.69, 9.17) is 4.99 Å². The fourth-order valence-electron chi connectivity index (χ4n) is 3.89. The average Bonchev–Trinajstić information content (AvgIpc) is 2.80. The van der Waals surface area contributed by atoms with Crippen molar-refractivity contribution in [1.29, 1.82) is 0 Å². The molecule has 0 aromatic heterocycles. The van der Waals surface area contributed by atoms with Crippen LogP contribution in [0, 0.1) is 5.92 Å². The number of rotatable bonds is 1. The normalized spacial score (nSPS) is 38.6. The first-order valence-corrected chi connectivity index (χ1v) is 9.73.